The molecule has 8 nitrogen and oxygen atoms in total. The second kappa shape index (κ2) is 7.52. The fourth-order valence-electron chi connectivity index (χ4n) is 2.16. The van der Waals surface area contributed by atoms with E-state index in [9.17, 15) is 9.59 Å². The van der Waals surface area contributed by atoms with E-state index < -0.39 is 5.76 Å². The van der Waals surface area contributed by atoms with Gasteiger partial charge in [0.25, 0.3) is 5.89 Å². The number of ether oxygens (including phenoxy) is 1. The monoisotopic (exact) mass is 343 g/mol. The molecule has 2 heterocycles. The number of nitrogens with one attached hydrogen (secondary N) is 1. The van der Waals surface area contributed by atoms with Crippen LogP contribution in [0, 0.1) is 6.92 Å². The topological polar surface area (TPSA) is 99.5 Å². The number of carbonyl (C=O) groups excluding carboxylic acids is 1. The summed E-state index contributed by atoms with van der Waals surface area (Å²) >= 11 is 0. The lowest BCUT2D eigenvalue weighted by molar-refractivity contribution is -0.122. The van der Waals surface area contributed by atoms with Crippen molar-refractivity contribution < 1.29 is 18.4 Å². The molecule has 3 rings (SSSR count). The van der Waals surface area contributed by atoms with E-state index in [4.69, 9.17) is 13.6 Å². The molecule has 0 bridgehead atoms. The van der Waals surface area contributed by atoms with Crippen molar-refractivity contribution in [2.24, 2.45) is 0 Å². The molecule has 0 atom stereocenters. The van der Waals surface area contributed by atoms with Crippen LogP contribution >= 0.6 is 0 Å². The Morgan fingerprint density at radius 2 is 2.20 bits per heavy atom. The highest BCUT2D eigenvalue weighted by molar-refractivity contribution is 5.75. The Morgan fingerprint density at radius 1 is 1.32 bits per heavy atom. The molecular weight excluding hydrogens is 326 g/mol. The summed E-state index contributed by atoms with van der Waals surface area (Å²) in [6.45, 7) is 2.36. The minimum absolute atomic E-state index is 0.0329. The Morgan fingerprint density at radius 3 is 2.96 bits per heavy atom. The quantitative estimate of drug-likeness (QED) is 0.654. The van der Waals surface area contributed by atoms with Crippen molar-refractivity contribution in [1.29, 1.82) is 0 Å². The van der Waals surface area contributed by atoms with Gasteiger partial charge in [-0.3, -0.25) is 4.79 Å². The molecule has 25 heavy (non-hydrogen) atoms. The van der Waals surface area contributed by atoms with Gasteiger partial charge in [0.15, 0.2) is 5.76 Å². The number of hydrogen-bond acceptors (Lipinski definition) is 6. The molecular formula is C17H17N3O5. The summed E-state index contributed by atoms with van der Waals surface area (Å²) in [6.07, 6.45) is 1.44. The van der Waals surface area contributed by atoms with Crippen LogP contribution in [0.3, 0.4) is 0 Å². The summed E-state index contributed by atoms with van der Waals surface area (Å²) in [5, 5.41) is 6.59. The van der Waals surface area contributed by atoms with E-state index in [1.54, 1.807) is 12.1 Å². The van der Waals surface area contributed by atoms with E-state index >= 15 is 0 Å². The van der Waals surface area contributed by atoms with Crippen LogP contribution in [0.4, 0.5) is 0 Å². The van der Waals surface area contributed by atoms with Gasteiger partial charge in [0, 0.05) is 0 Å². The van der Waals surface area contributed by atoms with Crippen molar-refractivity contribution in [1.82, 2.24) is 15.1 Å². The summed E-state index contributed by atoms with van der Waals surface area (Å²) in [6, 6.07) is 10.9. The van der Waals surface area contributed by atoms with Crippen molar-refractivity contribution >= 4 is 5.91 Å². The molecule has 0 unspecified atom stereocenters. The van der Waals surface area contributed by atoms with Crippen molar-refractivity contribution in [2.45, 2.75) is 13.5 Å². The van der Waals surface area contributed by atoms with Gasteiger partial charge in [-0.25, -0.2) is 4.79 Å². The van der Waals surface area contributed by atoms with Crippen molar-refractivity contribution in [3.63, 3.8) is 0 Å². The molecule has 1 N–H and O–H groups in total. The molecule has 3 aromatic rings. The summed E-state index contributed by atoms with van der Waals surface area (Å²) in [5.41, 5.74) is 1.10. The van der Waals surface area contributed by atoms with Gasteiger partial charge in [0.05, 0.1) is 12.8 Å². The van der Waals surface area contributed by atoms with Crippen LogP contribution in [-0.4, -0.2) is 28.8 Å². The number of carbonyl (C=O) groups is 1. The second-order valence-electron chi connectivity index (χ2n) is 5.32. The predicted molar refractivity (Wildman–Crippen MR) is 88.1 cm³/mol. The molecule has 0 saturated carbocycles. The van der Waals surface area contributed by atoms with Gasteiger partial charge in [-0.2, -0.15) is 4.68 Å². The summed E-state index contributed by atoms with van der Waals surface area (Å²) in [4.78, 5) is 23.6. The lowest BCUT2D eigenvalue weighted by Crippen LogP contribution is -2.33. The molecule has 1 aromatic carbocycles. The fourth-order valence-corrected chi connectivity index (χ4v) is 2.16. The molecule has 0 radical (unpaired) electrons. The minimum Gasteiger partial charge on any atom is -0.492 e. The Bertz CT molecular complexity index is 895. The summed E-state index contributed by atoms with van der Waals surface area (Å²) in [7, 11) is 0. The van der Waals surface area contributed by atoms with Crippen LogP contribution in [0.2, 0.25) is 0 Å². The van der Waals surface area contributed by atoms with Crippen molar-refractivity contribution in [3.8, 4) is 17.4 Å². The average molecular weight is 343 g/mol. The molecule has 0 aliphatic carbocycles. The van der Waals surface area contributed by atoms with Gasteiger partial charge in [-0.1, -0.05) is 12.1 Å². The number of nitrogens with zero attached hydrogens (tertiary/aromatic N) is 2. The Kier molecular flexibility index (Phi) is 4.98. The van der Waals surface area contributed by atoms with Crippen LogP contribution in [0.15, 0.2) is 56.3 Å². The first-order chi connectivity index (χ1) is 12.1. The van der Waals surface area contributed by atoms with E-state index in [0.29, 0.717) is 18.9 Å². The van der Waals surface area contributed by atoms with Gasteiger partial charge in [-0.15, -0.1) is 5.10 Å². The normalized spacial score (nSPS) is 10.6. The maximum absolute atomic E-state index is 11.9. The Labute approximate surface area is 143 Å². The number of aromatic nitrogens is 2. The van der Waals surface area contributed by atoms with Gasteiger partial charge in [-0.05, 0) is 36.8 Å². The molecule has 1 amide bonds. The molecule has 2 aromatic heterocycles. The van der Waals surface area contributed by atoms with Crippen LogP contribution < -0.4 is 15.8 Å². The molecule has 0 aliphatic rings. The number of benzene rings is 1. The smallest absolute Gasteiger partial charge is 0.437 e. The molecule has 0 aliphatic heterocycles. The molecule has 8 heteroatoms. The number of rotatable bonds is 7. The van der Waals surface area contributed by atoms with Crippen molar-refractivity contribution in [2.75, 3.05) is 13.2 Å². The number of hydrogen-bond donors (Lipinski definition) is 1. The molecule has 0 saturated heterocycles. The van der Waals surface area contributed by atoms with Gasteiger partial charge in [0.1, 0.15) is 18.9 Å². The Balaban J connectivity index is 1.47. The van der Waals surface area contributed by atoms with Gasteiger partial charge < -0.3 is 18.9 Å². The first-order valence-corrected chi connectivity index (χ1v) is 7.70. The first kappa shape index (κ1) is 16.6. The summed E-state index contributed by atoms with van der Waals surface area (Å²) in [5.74, 6) is 0.00486. The SMILES string of the molecule is Cc1cccc(OCCNC(=O)Cn2nc(-c3ccco3)oc2=O)c1. The number of furan rings is 1. The number of aryl methyl sites for hydroxylation is 1. The highest BCUT2D eigenvalue weighted by atomic mass is 16.5. The maximum Gasteiger partial charge on any atom is 0.437 e. The zero-order valence-electron chi connectivity index (χ0n) is 13.6. The highest BCUT2D eigenvalue weighted by Gasteiger charge is 2.14. The lowest BCUT2D eigenvalue weighted by atomic mass is 10.2. The predicted octanol–water partition coefficient (Wildman–Crippen LogP) is 1.60. The second-order valence-corrected chi connectivity index (χ2v) is 5.32. The van der Waals surface area contributed by atoms with E-state index in [-0.39, 0.29) is 18.3 Å². The van der Waals surface area contributed by atoms with Gasteiger partial charge in [0.2, 0.25) is 5.91 Å². The zero-order chi connectivity index (χ0) is 17.6. The number of amides is 1. The molecule has 0 fully saturated rings. The third-order valence-corrected chi connectivity index (χ3v) is 3.31. The summed E-state index contributed by atoms with van der Waals surface area (Å²) < 4.78 is 16.5. The van der Waals surface area contributed by atoms with Crippen molar-refractivity contribution in [3.05, 3.63) is 58.8 Å². The molecule has 130 valence electrons. The molecule has 0 spiro atoms. The van der Waals surface area contributed by atoms with Gasteiger partial charge >= 0.3 is 5.76 Å². The van der Waals surface area contributed by atoms with E-state index in [1.807, 2.05) is 31.2 Å². The van der Waals surface area contributed by atoms with Crippen LogP contribution in [0.5, 0.6) is 5.75 Å². The van der Waals surface area contributed by atoms with Crippen LogP contribution in [0.25, 0.3) is 11.7 Å². The average Bonchev–Trinajstić information content (AvgIpc) is 3.22. The Hall–Kier alpha value is -3.29. The largest absolute Gasteiger partial charge is 0.492 e. The van der Waals surface area contributed by atoms with Crippen LogP contribution in [0.1, 0.15) is 5.56 Å². The maximum atomic E-state index is 11.9. The third kappa shape index (κ3) is 4.37. The zero-order valence-corrected chi connectivity index (χ0v) is 13.6. The van der Waals surface area contributed by atoms with Crippen LogP contribution in [-0.2, 0) is 11.3 Å². The first-order valence-electron chi connectivity index (χ1n) is 7.70. The van der Waals surface area contributed by atoms with E-state index in [1.165, 1.54) is 6.26 Å². The minimum atomic E-state index is -0.724. The van der Waals surface area contributed by atoms with E-state index in [0.717, 1.165) is 16.0 Å². The highest BCUT2D eigenvalue weighted by Crippen LogP contribution is 2.15. The van der Waals surface area contributed by atoms with E-state index in [2.05, 4.69) is 10.4 Å². The lowest BCUT2D eigenvalue weighted by Gasteiger charge is -2.08. The third-order valence-electron chi connectivity index (χ3n) is 3.31. The standard InChI is InChI=1S/C17H17N3O5/c1-12-4-2-5-13(10-12)23-9-7-18-15(21)11-20-17(22)25-16(19-20)14-6-3-8-24-14/h2-6,8,10H,7,9,11H2,1H3,(H,18,21). The fraction of sp³-hybridized carbons (Fsp3) is 0.235.